The molecule has 4 bridgehead atoms. The van der Waals surface area contributed by atoms with Gasteiger partial charge >= 0.3 is 12.1 Å². The van der Waals surface area contributed by atoms with Gasteiger partial charge in [0.25, 0.3) is 0 Å². The maximum Gasteiger partial charge on any atom is 0.318 e. The fourth-order valence-electron chi connectivity index (χ4n) is 9.66. The van der Waals surface area contributed by atoms with Gasteiger partial charge in [-0.05, 0) is 101 Å². The summed E-state index contributed by atoms with van der Waals surface area (Å²) in [6, 6.07) is 6.86. The third-order valence-corrected chi connectivity index (χ3v) is 16.7. The zero-order chi connectivity index (χ0) is 41.5. The van der Waals surface area contributed by atoms with Crippen molar-refractivity contribution in [2.75, 3.05) is 26.2 Å². The van der Waals surface area contributed by atoms with Gasteiger partial charge in [-0.25, -0.2) is 35.2 Å². The maximum absolute atomic E-state index is 14.3. The fraction of sp³-hybridized carbons (Fsp3) is 0.632. The lowest BCUT2D eigenvalue weighted by molar-refractivity contribution is 0.0520. The van der Waals surface area contributed by atoms with E-state index in [1.807, 2.05) is 9.80 Å². The number of carbonyl (C=O) groups excluding carboxylic acids is 2. The molecule has 6 atom stereocenters. The summed E-state index contributed by atoms with van der Waals surface area (Å²) in [5.74, 6) is -1.91. The number of hydrogen-bond acceptors (Lipinski definition) is 8. The van der Waals surface area contributed by atoms with Gasteiger partial charge in [-0.1, -0.05) is 35.3 Å². The number of hydrogen-bond donors (Lipinski definition) is 4. The summed E-state index contributed by atoms with van der Waals surface area (Å²) in [4.78, 5) is 28.4. The first kappa shape index (κ1) is 43.3. The molecule has 0 aromatic heterocycles. The summed E-state index contributed by atoms with van der Waals surface area (Å²) in [6.45, 7) is 0.710. The number of aliphatic hydroxyl groups excluding tert-OH is 2. The van der Waals surface area contributed by atoms with E-state index in [-0.39, 0.29) is 96.7 Å². The molecule has 20 heteroatoms. The lowest BCUT2D eigenvalue weighted by atomic mass is 10.0. The highest BCUT2D eigenvalue weighted by atomic mass is 35.5. The average Bonchev–Trinajstić information content (AvgIpc) is 3.63. The fourth-order valence-corrected chi connectivity index (χ4v) is 13.3. The molecule has 6 heterocycles. The van der Waals surface area contributed by atoms with Gasteiger partial charge in [0.05, 0.1) is 22.3 Å². The van der Waals surface area contributed by atoms with Gasteiger partial charge in [0.15, 0.2) is 11.6 Å². The SMILES string of the molecule is O=C(N[C@H]1CCCN(S(=O)(=O)c2cccc(Cl)c2F)C1)N1C2CCC1CC(O)C2.O=C(N[C@H]1CCCN(S(=O)(=O)c2cccc(Cl)c2F)C1)N1C2CCC1CC(O)C2. The van der Waals surface area contributed by atoms with Gasteiger partial charge in [0.1, 0.15) is 9.79 Å². The summed E-state index contributed by atoms with van der Waals surface area (Å²) >= 11 is 11.5. The lowest BCUT2D eigenvalue weighted by Crippen LogP contribution is -2.57. The van der Waals surface area contributed by atoms with Crippen LogP contribution in [0.15, 0.2) is 46.2 Å². The zero-order valence-electron chi connectivity index (χ0n) is 31.9. The molecular formula is C38H50Cl2F2N6O8S2. The molecule has 320 valence electrons. The molecule has 4 unspecified atom stereocenters. The van der Waals surface area contributed by atoms with E-state index in [4.69, 9.17) is 23.2 Å². The van der Waals surface area contributed by atoms with Crippen LogP contribution in [0.3, 0.4) is 0 Å². The quantitative estimate of drug-likeness (QED) is 0.324. The third-order valence-electron chi connectivity index (χ3n) is 12.4. The Kier molecular flexibility index (Phi) is 13.2. The van der Waals surface area contributed by atoms with Crippen molar-refractivity contribution in [2.24, 2.45) is 0 Å². The second kappa shape index (κ2) is 17.6. The van der Waals surface area contributed by atoms with Crippen LogP contribution in [-0.2, 0) is 20.0 Å². The van der Waals surface area contributed by atoms with Crippen LogP contribution >= 0.6 is 23.2 Å². The Morgan fingerprint density at radius 3 is 1.29 bits per heavy atom. The number of carbonyl (C=O) groups is 2. The number of urea groups is 2. The highest BCUT2D eigenvalue weighted by molar-refractivity contribution is 7.89. The van der Waals surface area contributed by atoms with E-state index in [1.54, 1.807) is 0 Å². The number of fused-ring (bicyclic) bond motifs is 4. The van der Waals surface area contributed by atoms with E-state index in [9.17, 15) is 45.4 Å². The minimum Gasteiger partial charge on any atom is -0.393 e. The number of sulfonamides is 2. The number of aliphatic hydroxyl groups is 2. The first-order valence-corrected chi connectivity index (χ1v) is 23.6. The summed E-state index contributed by atoms with van der Waals surface area (Å²) in [5.41, 5.74) is 0. The van der Waals surface area contributed by atoms with Gasteiger partial charge in [-0.2, -0.15) is 8.61 Å². The molecule has 4 amide bonds. The van der Waals surface area contributed by atoms with Gasteiger partial charge < -0.3 is 30.6 Å². The maximum atomic E-state index is 14.3. The van der Waals surface area contributed by atoms with Crippen molar-refractivity contribution >= 4 is 55.3 Å². The number of benzene rings is 2. The van der Waals surface area contributed by atoms with Crippen molar-refractivity contribution in [3.63, 3.8) is 0 Å². The molecule has 6 fully saturated rings. The van der Waals surface area contributed by atoms with Crippen molar-refractivity contribution in [3.05, 3.63) is 58.1 Å². The minimum atomic E-state index is -4.05. The Morgan fingerprint density at radius 1 is 0.603 bits per heavy atom. The smallest absolute Gasteiger partial charge is 0.318 e. The standard InChI is InChI=1S/2C19H25ClFN3O4S/c2*20-16-4-1-5-17(18(16)21)29(27,28)23-8-2-3-12(11-23)22-19(26)24-13-6-7-14(24)10-15(25)9-13/h2*1,4-5,12-15,25H,2-3,6-11H2,(H,22,26)/t2*12-,13?,14?,15?/m00/s1. The zero-order valence-corrected chi connectivity index (χ0v) is 35.0. The molecule has 14 nitrogen and oxygen atoms in total. The van der Waals surface area contributed by atoms with Crippen LogP contribution in [0.5, 0.6) is 0 Å². The van der Waals surface area contributed by atoms with E-state index in [0.717, 1.165) is 25.7 Å². The second-order valence-corrected chi connectivity index (χ2v) is 20.9. The number of piperidine rings is 4. The molecule has 8 rings (SSSR count). The van der Waals surface area contributed by atoms with Gasteiger partial charge in [0.2, 0.25) is 20.0 Å². The Bertz CT molecular complexity index is 1920. The van der Waals surface area contributed by atoms with E-state index in [2.05, 4.69) is 10.6 Å². The van der Waals surface area contributed by atoms with Gasteiger partial charge in [-0.15, -0.1) is 0 Å². The second-order valence-electron chi connectivity index (χ2n) is 16.2. The normalized spacial score (nSPS) is 30.4. The average molecular weight is 892 g/mol. The van der Waals surface area contributed by atoms with Crippen molar-refractivity contribution in [1.82, 2.24) is 29.0 Å². The van der Waals surface area contributed by atoms with Crippen LogP contribution in [0.2, 0.25) is 10.0 Å². The number of nitrogens with one attached hydrogen (secondary N) is 2. The van der Waals surface area contributed by atoms with E-state index in [0.29, 0.717) is 51.4 Å². The topological polar surface area (TPSA) is 180 Å². The van der Waals surface area contributed by atoms with Crippen molar-refractivity contribution < 1.29 is 45.4 Å². The van der Waals surface area contributed by atoms with Crippen LogP contribution in [0, 0.1) is 11.6 Å². The van der Waals surface area contributed by atoms with E-state index >= 15 is 0 Å². The van der Waals surface area contributed by atoms with E-state index in [1.165, 1.54) is 45.0 Å². The Hall–Kier alpha value is -2.84. The largest absolute Gasteiger partial charge is 0.393 e. The minimum absolute atomic E-state index is 0.0349. The predicted octanol–water partition coefficient (Wildman–Crippen LogP) is 4.66. The van der Waals surface area contributed by atoms with Crippen molar-refractivity contribution in [2.45, 2.75) is 135 Å². The summed E-state index contributed by atoms with van der Waals surface area (Å²) in [5, 5.41) is 25.3. The summed E-state index contributed by atoms with van der Waals surface area (Å²) in [6.07, 6.45) is 7.60. The molecule has 58 heavy (non-hydrogen) atoms. The molecule has 0 saturated carbocycles. The molecule has 0 radical (unpaired) electrons. The van der Waals surface area contributed by atoms with Crippen LogP contribution in [0.4, 0.5) is 18.4 Å². The summed E-state index contributed by atoms with van der Waals surface area (Å²) < 4.78 is 82.7. The molecule has 4 N–H and O–H groups in total. The van der Waals surface area contributed by atoms with Gasteiger partial charge in [-0.3, -0.25) is 0 Å². The molecule has 6 saturated heterocycles. The first-order chi connectivity index (χ1) is 27.5. The first-order valence-electron chi connectivity index (χ1n) is 20.0. The van der Waals surface area contributed by atoms with Crippen molar-refractivity contribution in [3.8, 4) is 0 Å². The van der Waals surface area contributed by atoms with Crippen LogP contribution in [0.25, 0.3) is 0 Å². The number of nitrogens with zero attached hydrogens (tertiary/aromatic N) is 4. The third kappa shape index (κ3) is 8.94. The highest BCUT2D eigenvalue weighted by Crippen LogP contribution is 2.37. The Morgan fingerprint density at radius 2 is 0.948 bits per heavy atom. The number of rotatable bonds is 6. The molecule has 6 aliphatic heterocycles. The van der Waals surface area contributed by atoms with E-state index < -0.39 is 41.5 Å². The highest BCUT2D eigenvalue weighted by Gasteiger charge is 2.45. The van der Waals surface area contributed by atoms with Crippen molar-refractivity contribution in [1.29, 1.82) is 0 Å². The molecule has 0 spiro atoms. The molecule has 2 aromatic rings. The molecular weight excluding hydrogens is 841 g/mol. The number of amides is 4. The molecule has 2 aromatic carbocycles. The van der Waals surface area contributed by atoms with Crippen LogP contribution in [-0.4, -0.2) is 132 Å². The van der Waals surface area contributed by atoms with Gasteiger partial charge in [0, 0.05) is 62.4 Å². The molecule has 6 aliphatic rings. The Balaban J connectivity index is 0.000000177. The monoisotopic (exact) mass is 890 g/mol. The Labute approximate surface area is 347 Å². The lowest BCUT2D eigenvalue weighted by Gasteiger charge is -2.39. The number of halogens is 4. The summed E-state index contributed by atoms with van der Waals surface area (Å²) in [7, 11) is -8.10. The van der Waals surface area contributed by atoms with Crippen LogP contribution < -0.4 is 10.6 Å². The molecule has 0 aliphatic carbocycles. The van der Waals surface area contributed by atoms with Crippen LogP contribution in [0.1, 0.15) is 77.0 Å². The predicted molar refractivity (Wildman–Crippen MR) is 211 cm³/mol.